The summed E-state index contributed by atoms with van der Waals surface area (Å²) in [5.74, 6) is 1.55. The number of carbonyl (C=O) groups is 1. The third-order valence-corrected chi connectivity index (χ3v) is 4.88. The van der Waals surface area contributed by atoms with E-state index in [1.165, 1.54) is 0 Å². The molecule has 0 fully saturated rings. The number of fused-ring (bicyclic) bond motifs is 1. The molecule has 28 heavy (non-hydrogen) atoms. The highest BCUT2D eigenvalue weighted by atomic mass is 16.5. The summed E-state index contributed by atoms with van der Waals surface area (Å²) < 4.78 is 11.1. The van der Waals surface area contributed by atoms with Crippen LogP contribution in [0.2, 0.25) is 0 Å². The fraction of sp³-hybridized carbons (Fsp3) is 0.217. The van der Waals surface area contributed by atoms with E-state index in [1.54, 1.807) is 19.5 Å². The van der Waals surface area contributed by atoms with Crippen LogP contribution in [0.3, 0.4) is 0 Å². The summed E-state index contributed by atoms with van der Waals surface area (Å²) in [5, 5.41) is 0. The van der Waals surface area contributed by atoms with Crippen LogP contribution in [-0.4, -0.2) is 24.5 Å². The Bertz CT molecular complexity index is 955. The number of aromatic nitrogens is 1. The first-order valence-corrected chi connectivity index (χ1v) is 9.35. The molecular weight excluding hydrogens is 352 g/mol. The lowest BCUT2D eigenvalue weighted by atomic mass is 10.0. The Kier molecular flexibility index (Phi) is 5.24. The minimum Gasteiger partial charge on any atom is -0.497 e. The smallest absolute Gasteiger partial charge is 0.258 e. The van der Waals surface area contributed by atoms with Crippen molar-refractivity contribution in [2.45, 2.75) is 19.4 Å². The Morgan fingerprint density at radius 2 is 1.93 bits per heavy atom. The third-order valence-electron chi connectivity index (χ3n) is 4.88. The summed E-state index contributed by atoms with van der Waals surface area (Å²) in [6, 6.07) is 17.0. The number of hydrogen-bond donors (Lipinski definition) is 0. The number of ether oxygens (including phenoxy) is 2. The van der Waals surface area contributed by atoms with Crippen molar-refractivity contribution < 1.29 is 14.3 Å². The molecule has 5 nitrogen and oxygen atoms in total. The molecule has 0 aliphatic carbocycles. The van der Waals surface area contributed by atoms with E-state index in [0.717, 1.165) is 47.7 Å². The van der Waals surface area contributed by atoms with Gasteiger partial charge in [0.05, 0.1) is 7.11 Å². The summed E-state index contributed by atoms with van der Waals surface area (Å²) in [6.07, 6.45) is 5.41. The first-order chi connectivity index (χ1) is 13.7. The maximum atomic E-state index is 13.1. The normalized spacial score (nSPS) is 13.0. The van der Waals surface area contributed by atoms with Gasteiger partial charge in [-0.2, -0.15) is 0 Å². The molecule has 5 heteroatoms. The second-order valence-electron chi connectivity index (χ2n) is 6.73. The Morgan fingerprint density at radius 1 is 1.11 bits per heavy atom. The monoisotopic (exact) mass is 374 g/mol. The van der Waals surface area contributed by atoms with Gasteiger partial charge in [-0.15, -0.1) is 0 Å². The van der Waals surface area contributed by atoms with Crippen molar-refractivity contribution in [2.75, 3.05) is 18.6 Å². The molecule has 0 bridgehead atoms. The van der Waals surface area contributed by atoms with Crippen molar-refractivity contribution in [1.29, 1.82) is 0 Å². The average molecular weight is 374 g/mol. The van der Waals surface area contributed by atoms with Gasteiger partial charge in [-0.05, 0) is 66.9 Å². The molecule has 0 saturated carbocycles. The second-order valence-corrected chi connectivity index (χ2v) is 6.73. The number of nitrogens with zero attached hydrogens (tertiary/aromatic N) is 2. The first kappa shape index (κ1) is 18.0. The fourth-order valence-electron chi connectivity index (χ4n) is 3.41. The average Bonchev–Trinajstić information content (AvgIpc) is 2.77. The van der Waals surface area contributed by atoms with Crippen molar-refractivity contribution in [1.82, 2.24) is 4.98 Å². The van der Waals surface area contributed by atoms with Crippen LogP contribution in [0.15, 0.2) is 67.0 Å². The number of amides is 1. The lowest BCUT2D eigenvalue weighted by molar-refractivity contribution is 0.0985. The van der Waals surface area contributed by atoms with Crippen molar-refractivity contribution >= 4 is 11.6 Å². The number of hydrogen-bond acceptors (Lipinski definition) is 4. The Morgan fingerprint density at radius 3 is 2.68 bits per heavy atom. The van der Waals surface area contributed by atoms with E-state index in [2.05, 4.69) is 4.98 Å². The largest absolute Gasteiger partial charge is 0.497 e. The molecule has 0 saturated heterocycles. The molecule has 0 unspecified atom stereocenters. The van der Waals surface area contributed by atoms with E-state index in [-0.39, 0.29) is 5.91 Å². The predicted octanol–water partition coefficient (Wildman–Crippen LogP) is 4.26. The van der Waals surface area contributed by atoms with Gasteiger partial charge in [0.2, 0.25) is 0 Å². The summed E-state index contributed by atoms with van der Waals surface area (Å²) in [4.78, 5) is 19.0. The van der Waals surface area contributed by atoms with E-state index in [1.807, 2.05) is 59.5 Å². The van der Waals surface area contributed by atoms with Crippen molar-refractivity contribution in [3.63, 3.8) is 0 Å². The van der Waals surface area contributed by atoms with E-state index < -0.39 is 0 Å². The molecule has 1 aliphatic rings. The van der Waals surface area contributed by atoms with Crippen LogP contribution >= 0.6 is 0 Å². The maximum absolute atomic E-state index is 13.1. The molecule has 0 N–H and O–H groups in total. The number of rotatable bonds is 5. The zero-order valence-electron chi connectivity index (χ0n) is 15.8. The van der Waals surface area contributed by atoms with Crippen LogP contribution in [0.4, 0.5) is 5.69 Å². The molecule has 142 valence electrons. The molecule has 3 aromatic rings. The van der Waals surface area contributed by atoms with Crippen molar-refractivity contribution in [3.05, 3.63) is 83.7 Å². The Labute approximate surface area is 164 Å². The van der Waals surface area contributed by atoms with E-state index in [0.29, 0.717) is 12.2 Å². The second kappa shape index (κ2) is 8.13. The Hall–Kier alpha value is -3.34. The third kappa shape index (κ3) is 3.83. The van der Waals surface area contributed by atoms with Crippen molar-refractivity contribution in [2.24, 2.45) is 0 Å². The quantitative estimate of drug-likeness (QED) is 0.669. The van der Waals surface area contributed by atoms with E-state index in [4.69, 9.17) is 9.47 Å². The van der Waals surface area contributed by atoms with Gasteiger partial charge >= 0.3 is 0 Å². The molecule has 2 heterocycles. The minimum absolute atomic E-state index is 0.00456. The van der Waals surface area contributed by atoms with Gasteiger partial charge in [-0.25, -0.2) is 0 Å². The minimum atomic E-state index is 0.00456. The van der Waals surface area contributed by atoms with Gasteiger partial charge in [0.15, 0.2) is 0 Å². The highest BCUT2D eigenvalue weighted by molar-refractivity contribution is 6.06. The predicted molar refractivity (Wildman–Crippen MR) is 108 cm³/mol. The van der Waals surface area contributed by atoms with Gasteiger partial charge in [0, 0.05) is 35.8 Å². The summed E-state index contributed by atoms with van der Waals surface area (Å²) in [5.41, 5.74) is 3.77. The van der Waals surface area contributed by atoms with Gasteiger partial charge in [-0.3, -0.25) is 9.78 Å². The molecule has 2 aromatic carbocycles. The zero-order chi connectivity index (χ0) is 19.3. The lowest BCUT2D eigenvalue weighted by Crippen LogP contribution is -2.35. The molecule has 0 atom stereocenters. The number of methoxy groups -OCH3 is 1. The van der Waals surface area contributed by atoms with Gasteiger partial charge in [0.1, 0.15) is 18.1 Å². The Balaban J connectivity index is 1.47. The molecular formula is C23H22N2O3. The zero-order valence-corrected chi connectivity index (χ0v) is 15.8. The van der Waals surface area contributed by atoms with Gasteiger partial charge < -0.3 is 14.4 Å². The van der Waals surface area contributed by atoms with E-state index >= 15 is 0 Å². The van der Waals surface area contributed by atoms with Gasteiger partial charge in [-0.1, -0.05) is 6.07 Å². The van der Waals surface area contributed by atoms with Crippen molar-refractivity contribution in [3.8, 4) is 11.5 Å². The summed E-state index contributed by atoms with van der Waals surface area (Å²) >= 11 is 0. The number of pyridine rings is 1. The van der Waals surface area contributed by atoms with Crippen LogP contribution < -0.4 is 14.4 Å². The summed E-state index contributed by atoms with van der Waals surface area (Å²) in [7, 11) is 1.66. The number of benzene rings is 2. The van der Waals surface area contributed by atoms with E-state index in [9.17, 15) is 4.79 Å². The van der Waals surface area contributed by atoms with Gasteiger partial charge in [0.25, 0.3) is 5.91 Å². The lowest BCUT2D eigenvalue weighted by Gasteiger charge is -2.30. The highest BCUT2D eigenvalue weighted by Crippen LogP contribution is 2.31. The molecule has 4 rings (SSSR count). The van der Waals surface area contributed by atoms with Crippen LogP contribution in [-0.2, 0) is 13.0 Å². The summed E-state index contributed by atoms with van der Waals surface area (Å²) in [6.45, 7) is 1.17. The molecule has 1 amide bonds. The molecule has 1 aliphatic heterocycles. The standard InChI is InChI=1S/C23H22N2O3/c1-27-21-10-11-22-19(14-21)5-3-13-25(22)23(26)18-6-8-20(9-7-18)28-16-17-4-2-12-24-15-17/h2,4,6-12,14-15H,3,5,13,16H2,1H3. The molecule has 0 radical (unpaired) electrons. The number of aryl methyl sites for hydroxylation is 1. The SMILES string of the molecule is COc1ccc2c(c1)CCCN2C(=O)c1ccc(OCc2cccnc2)cc1. The number of carbonyl (C=O) groups excluding carboxylic acids is 1. The van der Waals surface area contributed by atoms with Crippen LogP contribution in [0.5, 0.6) is 11.5 Å². The number of anilines is 1. The van der Waals surface area contributed by atoms with Crippen LogP contribution in [0.1, 0.15) is 27.9 Å². The fourth-order valence-corrected chi connectivity index (χ4v) is 3.41. The first-order valence-electron chi connectivity index (χ1n) is 9.35. The molecule has 0 spiro atoms. The maximum Gasteiger partial charge on any atom is 0.258 e. The van der Waals surface area contributed by atoms with Crippen LogP contribution in [0, 0.1) is 0 Å². The topological polar surface area (TPSA) is 51.7 Å². The van der Waals surface area contributed by atoms with Crippen LogP contribution in [0.25, 0.3) is 0 Å². The highest BCUT2D eigenvalue weighted by Gasteiger charge is 2.24. The molecule has 1 aromatic heterocycles.